The molecule has 1 aliphatic rings. The highest BCUT2D eigenvalue weighted by Gasteiger charge is 2.24. The Balaban J connectivity index is 1.64. The van der Waals surface area contributed by atoms with Crippen LogP contribution in [-0.4, -0.2) is 17.1 Å². The van der Waals surface area contributed by atoms with Gasteiger partial charge in [-0.05, 0) is 42.1 Å². The zero-order chi connectivity index (χ0) is 19.1. The lowest BCUT2D eigenvalue weighted by Crippen LogP contribution is -2.52. The minimum Gasteiger partial charge on any atom is -0.358 e. The smallest absolute Gasteiger partial charge is 0.250 e. The van der Waals surface area contributed by atoms with Crippen molar-refractivity contribution in [1.82, 2.24) is 16.2 Å². The molecule has 5 heteroatoms. The van der Waals surface area contributed by atoms with Gasteiger partial charge in [0.1, 0.15) is 0 Å². The maximum atomic E-state index is 12.9. The number of thiocarbonyl (C=S) groups is 1. The van der Waals surface area contributed by atoms with Gasteiger partial charge in [0.2, 0.25) is 5.91 Å². The first-order chi connectivity index (χ1) is 13.1. The maximum Gasteiger partial charge on any atom is 0.250 e. The molecule has 0 saturated heterocycles. The van der Waals surface area contributed by atoms with Gasteiger partial charge in [0.05, 0.1) is 5.92 Å². The highest BCUT2D eigenvalue weighted by atomic mass is 32.1. The van der Waals surface area contributed by atoms with Crippen LogP contribution in [0, 0.1) is 5.92 Å². The second-order valence-corrected chi connectivity index (χ2v) is 7.62. The fourth-order valence-corrected chi connectivity index (χ4v) is 3.91. The fraction of sp³-hybridized carbons (Fsp3) is 0.364. The van der Waals surface area contributed by atoms with Crippen molar-refractivity contribution in [3.05, 3.63) is 71.8 Å². The van der Waals surface area contributed by atoms with Gasteiger partial charge in [-0.1, -0.05) is 80.4 Å². The highest BCUT2D eigenvalue weighted by molar-refractivity contribution is 7.80. The molecule has 3 N–H and O–H groups in total. The van der Waals surface area contributed by atoms with Crippen LogP contribution < -0.4 is 16.2 Å². The van der Waals surface area contributed by atoms with Crippen LogP contribution in [0.1, 0.15) is 49.7 Å². The first-order valence-electron chi connectivity index (χ1n) is 9.61. The third kappa shape index (κ3) is 5.30. The molecule has 0 radical (unpaired) electrons. The fourth-order valence-electron chi connectivity index (χ4n) is 3.71. The molecule has 0 aromatic heterocycles. The molecule has 2 aromatic rings. The van der Waals surface area contributed by atoms with Crippen molar-refractivity contribution in [3.63, 3.8) is 0 Å². The molecule has 1 saturated carbocycles. The van der Waals surface area contributed by atoms with Crippen molar-refractivity contribution >= 4 is 23.2 Å². The molecule has 1 fully saturated rings. The van der Waals surface area contributed by atoms with E-state index in [2.05, 4.69) is 23.1 Å². The van der Waals surface area contributed by atoms with Gasteiger partial charge in [-0.3, -0.25) is 15.6 Å². The average molecular weight is 382 g/mol. The zero-order valence-electron chi connectivity index (χ0n) is 15.7. The Kier molecular flexibility index (Phi) is 6.82. The summed E-state index contributed by atoms with van der Waals surface area (Å²) in [5.41, 5.74) is 7.58. The van der Waals surface area contributed by atoms with E-state index in [1.807, 2.05) is 60.7 Å². The molecule has 1 amide bonds. The van der Waals surface area contributed by atoms with Gasteiger partial charge in [-0.2, -0.15) is 0 Å². The Morgan fingerprint density at radius 2 is 1.48 bits per heavy atom. The number of hydrogen-bond donors (Lipinski definition) is 3. The number of hydrazine groups is 1. The quantitative estimate of drug-likeness (QED) is 0.555. The van der Waals surface area contributed by atoms with Crippen LogP contribution in [0.5, 0.6) is 0 Å². The first kappa shape index (κ1) is 19.4. The predicted molar refractivity (Wildman–Crippen MR) is 113 cm³/mol. The Bertz CT molecular complexity index is 711. The van der Waals surface area contributed by atoms with Crippen LogP contribution in [0.25, 0.3) is 0 Å². The number of carbonyl (C=O) groups excluding carboxylic acids is 1. The number of hydrogen-bond acceptors (Lipinski definition) is 2. The van der Waals surface area contributed by atoms with Crippen LogP contribution in [0.3, 0.4) is 0 Å². The summed E-state index contributed by atoms with van der Waals surface area (Å²) < 4.78 is 0. The third-order valence-corrected chi connectivity index (χ3v) is 5.48. The van der Waals surface area contributed by atoms with E-state index in [0.717, 1.165) is 17.5 Å². The molecule has 0 bridgehead atoms. The van der Waals surface area contributed by atoms with E-state index in [4.69, 9.17) is 12.2 Å². The van der Waals surface area contributed by atoms with Gasteiger partial charge >= 0.3 is 0 Å². The Labute approximate surface area is 166 Å². The summed E-state index contributed by atoms with van der Waals surface area (Å²) in [5.74, 6) is 0.0696. The Morgan fingerprint density at radius 1 is 0.926 bits per heavy atom. The van der Waals surface area contributed by atoms with E-state index in [9.17, 15) is 4.79 Å². The maximum absolute atomic E-state index is 12.9. The number of rotatable bonds is 4. The molecular formula is C22H27N3OS. The molecule has 142 valence electrons. The molecule has 0 heterocycles. The summed E-state index contributed by atoms with van der Waals surface area (Å²) in [5, 5.41) is 3.82. The van der Waals surface area contributed by atoms with Crippen molar-refractivity contribution in [2.24, 2.45) is 5.92 Å². The van der Waals surface area contributed by atoms with E-state index < -0.39 is 5.92 Å². The van der Waals surface area contributed by atoms with Crippen LogP contribution in [0.2, 0.25) is 0 Å². The van der Waals surface area contributed by atoms with Gasteiger partial charge in [0.25, 0.3) is 0 Å². The lowest BCUT2D eigenvalue weighted by Gasteiger charge is -2.30. The number of amides is 1. The summed E-state index contributed by atoms with van der Waals surface area (Å²) >= 11 is 5.39. The molecule has 0 aliphatic heterocycles. The molecule has 2 unspecified atom stereocenters. The average Bonchev–Trinajstić information content (AvgIpc) is 2.70. The van der Waals surface area contributed by atoms with E-state index in [-0.39, 0.29) is 5.91 Å². The summed E-state index contributed by atoms with van der Waals surface area (Å²) in [7, 11) is 0. The van der Waals surface area contributed by atoms with Crippen molar-refractivity contribution < 1.29 is 4.79 Å². The number of benzene rings is 2. The number of carbonyl (C=O) groups is 1. The molecule has 4 nitrogen and oxygen atoms in total. The summed E-state index contributed by atoms with van der Waals surface area (Å²) in [6, 6.07) is 19.9. The van der Waals surface area contributed by atoms with Crippen molar-refractivity contribution in [1.29, 1.82) is 0 Å². The summed E-state index contributed by atoms with van der Waals surface area (Å²) in [4.78, 5) is 12.9. The van der Waals surface area contributed by atoms with Crippen LogP contribution in [0.4, 0.5) is 0 Å². The first-order valence-corrected chi connectivity index (χ1v) is 10.0. The zero-order valence-corrected chi connectivity index (χ0v) is 16.5. The van der Waals surface area contributed by atoms with E-state index in [0.29, 0.717) is 17.1 Å². The van der Waals surface area contributed by atoms with Gasteiger partial charge < -0.3 is 5.32 Å². The largest absolute Gasteiger partial charge is 0.358 e. The molecule has 2 aromatic carbocycles. The third-order valence-electron chi connectivity index (χ3n) is 5.26. The Hall–Kier alpha value is -2.40. The Morgan fingerprint density at radius 3 is 2.04 bits per heavy atom. The van der Waals surface area contributed by atoms with E-state index in [1.54, 1.807) is 0 Å². The second-order valence-electron chi connectivity index (χ2n) is 7.21. The van der Waals surface area contributed by atoms with Gasteiger partial charge in [0.15, 0.2) is 5.11 Å². The van der Waals surface area contributed by atoms with Crippen molar-refractivity contribution in [2.75, 3.05) is 0 Å². The number of nitrogens with one attached hydrogen (secondary N) is 3. The summed E-state index contributed by atoms with van der Waals surface area (Å²) in [6.45, 7) is 2.25. The molecular weight excluding hydrogens is 354 g/mol. The topological polar surface area (TPSA) is 53.2 Å². The highest BCUT2D eigenvalue weighted by Crippen LogP contribution is 2.25. The van der Waals surface area contributed by atoms with Crippen LogP contribution in [-0.2, 0) is 4.79 Å². The minimum atomic E-state index is -0.392. The van der Waals surface area contributed by atoms with Crippen molar-refractivity contribution in [2.45, 2.75) is 44.6 Å². The van der Waals surface area contributed by atoms with Crippen LogP contribution >= 0.6 is 12.2 Å². The predicted octanol–water partition coefficient (Wildman–Crippen LogP) is 3.89. The molecule has 3 rings (SSSR count). The van der Waals surface area contributed by atoms with Gasteiger partial charge in [-0.15, -0.1) is 0 Å². The summed E-state index contributed by atoms with van der Waals surface area (Å²) in [6.07, 6.45) is 4.84. The van der Waals surface area contributed by atoms with Gasteiger partial charge in [0, 0.05) is 6.04 Å². The van der Waals surface area contributed by atoms with E-state index >= 15 is 0 Å². The molecule has 1 aliphatic carbocycles. The minimum absolute atomic E-state index is 0.131. The molecule has 27 heavy (non-hydrogen) atoms. The van der Waals surface area contributed by atoms with Gasteiger partial charge in [-0.25, -0.2) is 0 Å². The molecule has 2 atom stereocenters. The van der Waals surface area contributed by atoms with Crippen LogP contribution in [0.15, 0.2) is 60.7 Å². The van der Waals surface area contributed by atoms with Crippen molar-refractivity contribution in [3.8, 4) is 0 Å². The lowest BCUT2D eigenvalue weighted by molar-refractivity contribution is -0.122. The lowest BCUT2D eigenvalue weighted by atomic mass is 9.86. The normalized spacial score (nSPS) is 19.3. The monoisotopic (exact) mass is 381 g/mol. The standard InChI is InChI=1S/C22H27N3OS/c1-16-10-8-9-15-19(16)23-22(27)25-24-21(26)20(17-11-4-2-5-12-17)18-13-6-3-7-14-18/h2-7,11-14,16,19-20H,8-10,15H2,1H3,(H,24,26)(H2,23,25,27). The molecule has 0 spiro atoms. The second kappa shape index (κ2) is 9.51. The van der Waals surface area contributed by atoms with E-state index in [1.165, 1.54) is 19.3 Å². The SMILES string of the molecule is CC1CCCCC1NC(=S)NNC(=O)C(c1ccccc1)c1ccccc1.